The molecule has 0 saturated carbocycles. The number of para-hydroxylation sites is 2. The van der Waals surface area contributed by atoms with Crippen LogP contribution in [0.2, 0.25) is 0 Å². The average Bonchev–Trinajstić information content (AvgIpc) is 3.69. The highest BCUT2D eigenvalue weighted by atomic mass is 15.1. The number of nitrogens with zero attached hydrogens (tertiary/aromatic N) is 2. The molecule has 1 heterocycles. The maximum absolute atomic E-state index is 2.44. The van der Waals surface area contributed by atoms with Crippen molar-refractivity contribution in [2.75, 3.05) is 4.90 Å². The minimum atomic E-state index is 1.09. The van der Waals surface area contributed by atoms with Gasteiger partial charge < -0.3 is 9.47 Å². The van der Waals surface area contributed by atoms with Crippen molar-refractivity contribution < 1.29 is 0 Å². The molecule has 0 fully saturated rings. The second-order valence-corrected chi connectivity index (χ2v) is 15.7. The highest BCUT2D eigenvalue weighted by Gasteiger charge is 2.21. The van der Waals surface area contributed by atoms with Crippen molar-refractivity contribution in [1.82, 2.24) is 4.57 Å². The summed E-state index contributed by atoms with van der Waals surface area (Å²) < 4.78 is 2.44. The maximum Gasteiger partial charge on any atom is 0.0619 e. The first-order valence-electron chi connectivity index (χ1n) is 21.3. The standard InChI is InChI=1S/C60H42N2/c1-6-18-43(19-7-1)45-30-35-52(36-31-45)61(58-29-17-16-28-54(58)47-22-10-3-11-23-47)53-37-32-46(33-38-53)49-34-39-59-56(40-49)57-42-50(44-20-8-2-9-21-44)41-55(48-24-12-4-13-25-48)60(57)62(59)51-26-14-5-15-27-51/h1-42H. The minimum absolute atomic E-state index is 1.09. The molecule has 11 rings (SSSR count). The van der Waals surface area contributed by atoms with Crippen LogP contribution in [-0.2, 0) is 0 Å². The van der Waals surface area contributed by atoms with Gasteiger partial charge in [-0.25, -0.2) is 0 Å². The van der Waals surface area contributed by atoms with E-state index in [2.05, 4.69) is 264 Å². The van der Waals surface area contributed by atoms with Gasteiger partial charge in [-0.15, -0.1) is 0 Å². The van der Waals surface area contributed by atoms with Crippen LogP contribution in [0.4, 0.5) is 17.1 Å². The zero-order valence-electron chi connectivity index (χ0n) is 34.1. The molecule has 0 saturated heterocycles. The molecule has 0 spiro atoms. The van der Waals surface area contributed by atoms with E-state index < -0.39 is 0 Å². The Balaban J connectivity index is 1.07. The molecule has 0 aliphatic rings. The summed E-state index contributed by atoms with van der Waals surface area (Å²) in [5.41, 5.74) is 18.7. The Morgan fingerprint density at radius 3 is 1.27 bits per heavy atom. The molecular weight excluding hydrogens is 749 g/mol. The van der Waals surface area contributed by atoms with Crippen LogP contribution >= 0.6 is 0 Å². The molecule has 62 heavy (non-hydrogen) atoms. The third kappa shape index (κ3) is 6.84. The van der Waals surface area contributed by atoms with Crippen LogP contribution in [0.3, 0.4) is 0 Å². The van der Waals surface area contributed by atoms with Crippen LogP contribution in [0.5, 0.6) is 0 Å². The monoisotopic (exact) mass is 790 g/mol. The summed E-state index contributed by atoms with van der Waals surface area (Å²) in [6.45, 7) is 0. The number of rotatable bonds is 9. The van der Waals surface area contributed by atoms with E-state index >= 15 is 0 Å². The summed E-state index contributed by atoms with van der Waals surface area (Å²) in [7, 11) is 0. The number of hydrogen-bond acceptors (Lipinski definition) is 1. The van der Waals surface area contributed by atoms with Gasteiger partial charge in [-0.05, 0) is 111 Å². The summed E-state index contributed by atoms with van der Waals surface area (Å²) in [6, 6.07) is 92.0. The van der Waals surface area contributed by atoms with Crippen LogP contribution in [0, 0.1) is 0 Å². The molecule has 0 unspecified atom stereocenters. The average molecular weight is 791 g/mol. The van der Waals surface area contributed by atoms with Crippen LogP contribution in [0.25, 0.3) is 83.1 Å². The number of hydrogen-bond donors (Lipinski definition) is 0. The van der Waals surface area contributed by atoms with Crippen molar-refractivity contribution in [3.63, 3.8) is 0 Å². The van der Waals surface area contributed by atoms with Crippen LogP contribution < -0.4 is 4.90 Å². The molecule has 2 heteroatoms. The number of aromatic nitrogens is 1. The fourth-order valence-corrected chi connectivity index (χ4v) is 9.00. The normalized spacial score (nSPS) is 11.2. The smallest absolute Gasteiger partial charge is 0.0619 e. The van der Waals surface area contributed by atoms with Gasteiger partial charge in [0, 0.05) is 39.0 Å². The molecule has 11 aromatic rings. The predicted molar refractivity (Wildman–Crippen MR) is 263 cm³/mol. The molecule has 0 radical (unpaired) electrons. The van der Waals surface area contributed by atoms with Gasteiger partial charge >= 0.3 is 0 Å². The van der Waals surface area contributed by atoms with Gasteiger partial charge in [0.2, 0.25) is 0 Å². The third-order valence-corrected chi connectivity index (χ3v) is 12.0. The maximum atomic E-state index is 2.44. The molecule has 10 aromatic carbocycles. The zero-order valence-corrected chi connectivity index (χ0v) is 34.1. The third-order valence-electron chi connectivity index (χ3n) is 12.0. The van der Waals surface area contributed by atoms with Crippen LogP contribution in [-0.4, -0.2) is 4.57 Å². The number of fused-ring (bicyclic) bond motifs is 3. The van der Waals surface area contributed by atoms with E-state index in [0.29, 0.717) is 0 Å². The van der Waals surface area contributed by atoms with Crippen LogP contribution in [0.15, 0.2) is 255 Å². The molecule has 292 valence electrons. The van der Waals surface area contributed by atoms with E-state index in [1.165, 1.54) is 71.9 Å². The lowest BCUT2D eigenvalue weighted by atomic mass is 9.95. The summed E-state index contributed by atoms with van der Waals surface area (Å²) in [5, 5.41) is 2.45. The van der Waals surface area contributed by atoms with Crippen molar-refractivity contribution in [3.05, 3.63) is 255 Å². The van der Waals surface area contributed by atoms with Crippen molar-refractivity contribution in [1.29, 1.82) is 0 Å². The van der Waals surface area contributed by atoms with Crippen molar-refractivity contribution in [2.45, 2.75) is 0 Å². The Kier molecular flexibility index (Phi) is 9.57. The first kappa shape index (κ1) is 36.8. The van der Waals surface area contributed by atoms with E-state index in [4.69, 9.17) is 0 Å². The number of benzene rings is 10. The molecule has 0 bridgehead atoms. The fourth-order valence-electron chi connectivity index (χ4n) is 9.00. The SMILES string of the molecule is c1ccc(-c2ccc(N(c3ccc(-c4ccc5c(c4)c4cc(-c6ccccc6)cc(-c6ccccc6)c4n5-c4ccccc4)cc3)c3ccccc3-c3ccccc3)cc2)cc1. The molecule has 0 amide bonds. The molecule has 0 aliphatic heterocycles. The van der Waals surface area contributed by atoms with Crippen LogP contribution in [0.1, 0.15) is 0 Å². The lowest BCUT2D eigenvalue weighted by molar-refractivity contribution is 1.18. The van der Waals surface area contributed by atoms with Gasteiger partial charge in [-0.1, -0.05) is 188 Å². The zero-order chi connectivity index (χ0) is 41.2. The lowest BCUT2D eigenvalue weighted by Crippen LogP contribution is -2.11. The van der Waals surface area contributed by atoms with Gasteiger partial charge in [0.15, 0.2) is 0 Å². The van der Waals surface area contributed by atoms with Gasteiger partial charge in [0.1, 0.15) is 0 Å². The molecule has 0 N–H and O–H groups in total. The Morgan fingerprint density at radius 1 is 0.274 bits per heavy atom. The molecule has 2 nitrogen and oxygen atoms in total. The van der Waals surface area contributed by atoms with Gasteiger partial charge in [-0.3, -0.25) is 0 Å². The summed E-state index contributed by atoms with van der Waals surface area (Å²) in [4.78, 5) is 2.38. The highest BCUT2D eigenvalue weighted by molar-refractivity contribution is 6.16. The summed E-state index contributed by atoms with van der Waals surface area (Å²) in [6.07, 6.45) is 0. The van der Waals surface area contributed by atoms with Gasteiger partial charge in [0.05, 0.1) is 16.7 Å². The first-order chi connectivity index (χ1) is 30.8. The van der Waals surface area contributed by atoms with Crippen molar-refractivity contribution >= 4 is 38.9 Å². The van der Waals surface area contributed by atoms with Crippen molar-refractivity contribution in [2.24, 2.45) is 0 Å². The summed E-state index contributed by atoms with van der Waals surface area (Å²) in [5.74, 6) is 0. The first-order valence-corrected chi connectivity index (χ1v) is 21.3. The van der Waals surface area contributed by atoms with E-state index in [0.717, 1.165) is 28.3 Å². The topological polar surface area (TPSA) is 8.17 Å². The van der Waals surface area contributed by atoms with E-state index in [-0.39, 0.29) is 0 Å². The Labute approximate surface area is 362 Å². The van der Waals surface area contributed by atoms with Gasteiger partial charge in [0.25, 0.3) is 0 Å². The second-order valence-electron chi connectivity index (χ2n) is 15.7. The van der Waals surface area contributed by atoms with Crippen molar-refractivity contribution in [3.8, 4) is 61.3 Å². The largest absolute Gasteiger partial charge is 0.310 e. The summed E-state index contributed by atoms with van der Waals surface area (Å²) >= 11 is 0. The van der Waals surface area contributed by atoms with Gasteiger partial charge in [-0.2, -0.15) is 0 Å². The quantitative estimate of drug-likeness (QED) is 0.141. The fraction of sp³-hybridized carbons (Fsp3) is 0. The van der Waals surface area contributed by atoms with E-state index in [1.54, 1.807) is 0 Å². The number of anilines is 3. The molecular formula is C60H42N2. The Morgan fingerprint density at radius 2 is 0.694 bits per heavy atom. The molecule has 1 aromatic heterocycles. The van der Waals surface area contributed by atoms with E-state index in [1.807, 2.05) is 0 Å². The van der Waals surface area contributed by atoms with E-state index in [9.17, 15) is 0 Å². The molecule has 0 atom stereocenters. The highest BCUT2D eigenvalue weighted by Crippen LogP contribution is 2.44. The second kappa shape index (κ2) is 16.1. The minimum Gasteiger partial charge on any atom is -0.310 e. The Hall–Kier alpha value is -8.20. The Bertz CT molecular complexity index is 3280. The molecule has 0 aliphatic carbocycles. The predicted octanol–water partition coefficient (Wildman–Crippen LogP) is 16.6. The lowest BCUT2D eigenvalue weighted by Gasteiger charge is -2.28.